The Kier molecular flexibility index (Phi) is 3.07. The molecule has 0 saturated heterocycles. The lowest BCUT2D eigenvalue weighted by molar-refractivity contribution is -0.137. The average molecular weight is 166 g/mol. The minimum Gasteiger partial charge on any atom is -0.463 e. The van der Waals surface area contributed by atoms with Crippen molar-refractivity contribution in [2.24, 2.45) is 0 Å². The Morgan fingerprint density at radius 3 is 3.17 bits per heavy atom. The number of hydrogen-bond acceptors (Lipinski definition) is 3. The number of hydrogen-bond donors (Lipinski definition) is 0. The molecule has 1 aromatic heterocycles. The van der Waals surface area contributed by atoms with Crippen LogP contribution in [-0.4, -0.2) is 22.1 Å². The van der Waals surface area contributed by atoms with Crippen LogP contribution >= 0.6 is 0 Å². The van der Waals surface area contributed by atoms with Gasteiger partial charge in [-0.25, -0.2) is 9.78 Å². The lowest BCUT2D eigenvalue weighted by Gasteiger charge is -1.94. The van der Waals surface area contributed by atoms with Crippen molar-refractivity contribution in [1.29, 1.82) is 0 Å². The van der Waals surface area contributed by atoms with Crippen molar-refractivity contribution in [3.63, 3.8) is 0 Å². The molecular weight excluding hydrogens is 156 g/mol. The average Bonchev–Trinajstić information content (AvgIpc) is 2.53. The summed E-state index contributed by atoms with van der Waals surface area (Å²) in [6.07, 6.45) is 7.90. The Hall–Kier alpha value is -1.58. The van der Waals surface area contributed by atoms with Crippen molar-refractivity contribution in [1.82, 2.24) is 9.55 Å². The molecule has 0 radical (unpaired) electrons. The van der Waals surface area contributed by atoms with E-state index in [0.29, 0.717) is 6.61 Å². The molecule has 0 unspecified atom stereocenters. The Bertz CT molecular complexity index is 265. The fraction of sp³-hybridized carbons (Fsp3) is 0.250. The number of ether oxygens (including phenoxy) is 1. The highest BCUT2D eigenvalue weighted by molar-refractivity contribution is 5.84. The molecular formula is C8H10N2O2. The van der Waals surface area contributed by atoms with Crippen molar-refractivity contribution in [3.05, 3.63) is 24.8 Å². The molecule has 0 bridgehead atoms. The van der Waals surface area contributed by atoms with Crippen molar-refractivity contribution >= 4 is 12.2 Å². The molecule has 0 N–H and O–H groups in total. The molecule has 0 aliphatic heterocycles. The Balaban J connectivity index is 2.45. The van der Waals surface area contributed by atoms with Gasteiger partial charge in [-0.3, -0.25) is 0 Å². The van der Waals surface area contributed by atoms with Crippen molar-refractivity contribution in [2.45, 2.75) is 6.92 Å². The molecule has 0 spiro atoms. The molecule has 1 rings (SSSR count). The van der Waals surface area contributed by atoms with Crippen LogP contribution < -0.4 is 0 Å². The molecule has 0 saturated carbocycles. The second kappa shape index (κ2) is 4.33. The molecule has 64 valence electrons. The van der Waals surface area contributed by atoms with Gasteiger partial charge in [0.1, 0.15) is 0 Å². The maximum absolute atomic E-state index is 10.8. The SMILES string of the molecule is CCOC(=O)/C=C/n1ccnc1. The van der Waals surface area contributed by atoms with Gasteiger partial charge in [-0.1, -0.05) is 0 Å². The summed E-state index contributed by atoms with van der Waals surface area (Å²) in [5.74, 6) is -0.341. The number of imidazole rings is 1. The van der Waals surface area contributed by atoms with E-state index in [1.165, 1.54) is 6.08 Å². The van der Waals surface area contributed by atoms with Crippen molar-refractivity contribution < 1.29 is 9.53 Å². The predicted molar refractivity (Wildman–Crippen MR) is 44.2 cm³/mol. The van der Waals surface area contributed by atoms with Gasteiger partial charge in [0.15, 0.2) is 0 Å². The first-order valence-electron chi connectivity index (χ1n) is 3.65. The smallest absolute Gasteiger partial charge is 0.332 e. The monoisotopic (exact) mass is 166 g/mol. The topological polar surface area (TPSA) is 44.1 Å². The maximum atomic E-state index is 10.8. The Morgan fingerprint density at radius 1 is 1.75 bits per heavy atom. The van der Waals surface area contributed by atoms with Gasteiger partial charge in [0, 0.05) is 24.7 Å². The largest absolute Gasteiger partial charge is 0.463 e. The summed E-state index contributed by atoms with van der Waals surface area (Å²) in [7, 11) is 0. The van der Waals surface area contributed by atoms with Gasteiger partial charge < -0.3 is 9.30 Å². The van der Waals surface area contributed by atoms with Gasteiger partial charge in [0.25, 0.3) is 0 Å². The van der Waals surface area contributed by atoms with E-state index in [2.05, 4.69) is 9.72 Å². The highest BCUT2D eigenvalue weighted by Crippen LogP contribution is 1.88. The van der Waals surface area contributed by atoms with Crippen LogP contribution in [0.25, 0.3) is 6.20 Å². The quantitative estimate of drug-likeness (QED) is 0.495. The fourth-order valence-corrected chi connectivity index (χ4v) is 0.695. The van der Waals surface area contributed by atoms with Gasteiger partial charge in [0.2, 0.25) is 0 Å². The zero-order valence-electron chi connectivity index (χ0n) is 6.80. The third kappa shape index (κ3) is 2.57. The van der Waals surface area contributed by atoms with Gasteiger partial charge in [-0.2, -0.15) is 0 Å². The van der Waals surface area contributed by atoms with Gasteiger partial charge in [-0.05, 0) is 6.92 Å². The number of nitrogens with zero attached hydrogens (tertiary/aromatic N) is 2. The number of carbonyl (C=O) groups is 1. The van der Waals surface area contributed by atoms with Gasteiger partial charge >= 0.3 is 5.97 Å². The normalized spacial score (nSPS) is 10.4. The summed E-state index contributed by atoms with van der Waals surface area (Å²) >= 11 is 0. The summed E-state index contributed by atoms with van der Waals surface area (Å²) in [5.41, 5.74) is 0. The van der Waals surface area contributed by atoms with Gasteiger partial charge in [0.05, 0.1) is 12.9 Å². The lowest BCUT2D eigenvalue weighted by Crippen LogP contribution is -1.99. The predicted octanol–water partition coefficient (Wildman–Crippen LogP) is 0.917. The molecule has 12 heavy (non-hydrogen) atoms. The molecule has 1 heterocycles. The van der Waals surface area contributed by atoms with Crippen molar-refractivity contribution in [2.75, 3.05) is 6.61 Å². The zero-order chi connectivity index (χ0) is 8.81. The van der Waals surface area contributed by atoms with Gasteiger partial charge in [-0.15, -0.1) is 0 Å². The van der Waals surface area contributed by atoms with E-state index in [4.69, 9.17) is 0 Å². The van der Waals surface area contributed by atoms with Crippen LogP contribution in [0.5, 0.6) is 0 Å². The molecule has 1 aromatic rings. The van der Waals surface area contributed by atoms with E-state index in [-0.39, 0.29) is 5.97 Å². The summed E-state index contributed by atoms with van der Waals surface area (Å²) in [5, 5.41) is 0. The van der Waals surface area contributed by atoms with E-state index < -0.39 is 0 Å². The maximum Gasteiger partial charge on any atom is 0.332 e. The van der Waals surface area contributed by atoms with E-state index >= 15 is 0 Å². The molecule has 0 aliphatic carbocycles. The van der Waals surface area contributed by atoms with E-state index in [0.717, 1.165) is 0 Å². The number of carbonyl (C=O) groups excluding carboxylic acids is 1. The van der Waals surface area contributed by atoms with E-state index in [1.807, 2.05) is 0 Å². The summed E-state index contributed by atoms with van der Waals surface area (Å²) in [4.78, 5) is 14.6. The standard InChI is InChI=1S/C8H10N2O2/c1-2-12-8(11)3-5-10-6-4-9-7-10/h3-7H,2H2,1H3/b5-3+. The van der Waals surface area contributed by atoms with E-state index in [9.17, 15) is 4.79 Å². The molecule has 4 nitrogen and oxygen atoms in total. The second-order valence-electron chi connectivity index (χ2n) is 2.08. The lowest BCUT2D eigenvalue weighted by atomic mass is 10.6. The summed E-state index contributed by atoms with van der Waals surface area (Å²) in [6, 6.07) is 0. The third-order valence-corrected chi connectivity index (χ3v) is 1.19. The third-order valence-electron chi connectivity index (χ3n) is 1.19. The second-order valence-corrected chi connectivity index (χ2v) is 2.08. The first-order chi connectivity index (χ1) is 5.83. The Morgan fingerprint density at radius 2 is 2.58 bits per heavy atom. The first-order valence-corrected chi connectivity index (χ1v) is 3.65. The minimum absolute atomic E-state index is 0.341. The molecule has 0 fully saturated rings. The highest BCUT2D eigenvalue weighted by Gasteiger charge is 1.91. The summed E-state index contributed by atoms with van der Waals surface area (Å²) < 4.78 is 6.34. The summed E-state index contributed by atoms with van der Waals surface area (Å²) in [6.45, 7) is 2.16. The van der Waals surface area contributed by atoms with Crippen LogP contribution in [0.2, 0.25) is 0 Å². The zero-order valence-corrected chi connectivity index (χ0v) is 6.80. The van der Waals surface area contributed by atoms with Crippen LogP contribution in [0.3, 0.4) is 0 Å². The van der Waals surface area contributed by atoms with Crippen molar-refractivity contribution in [3.8, 4) is 0 Å². The van der Waals surface area contributed by atoms with Crippen LogP contribution in [0, 0.1) is 0 Å². The minimum atomic E-state index is -0.341. The van der Waals surface area contributed by atoms with Crippen LogP contribution in [0.15, 0.2) is 24.8 Å². The molecule has 4 heteroatoms. The molecule has 0 aromatic carbocycles. The molecule has 0 amide bonds. The Labute approximate surface area is 70.5 Å². The number of esters is 1. The number of aromatic nitrogens is 2. The highest BCUT2D eigenvalue weighted by atomic mass is 16.5. The van der Waals surface area contributed by atoms with Crippen LogP contribution in [-0.2, 0) is 9.53 Å². The number of rotatable bonds is 3. The van der Waals surface area contributed by atoms with Crippen LogP contribution in [0.4, 0.5) is 0 Å². The van der Waals surface area contributed by atoms with E-state index in [1.54, 1.807) is 36.4 Å². The van der Waals surface area contributed by atoms with Crippen LogP contribution in [0.1, 0.15) is 6.92 Å². The fourth-order valence-electron chi connectivity index (χ4n) is 0.695. The molecule has 0 aliphatic rings. The first kappa shape index (κ1) is 8.52. The molecule has 0 atom stereocenters.